The van der Waals surface area contributed by atoms with Gasteiger partial charge in [-0.3, -0.25) is 0 Å². The number of hydrogen-bond acceptors (Lipinski definition) is 0. The van der Waals surface area contributed by atoms with Gasteiger partial charge in [-0.05, 0) is 0 Å². The molecule has 0 spiro atoms. The van der Waals surface area contributed by atoms with Crippen molar-refractivity contribution in [2.75, 3.05) is 0 Å². The lowest BCUT2D eigenvalue weighted by molar-refractivity contribution is -0.291. The maximum absolute atomic E-state index is 12.7. The van der Waals surface area contributed by atoms with Crippen LogP contribution in [0.2, 0.25) is 0 Å². The van der Waals surface area contributed by atoms with Crippen molar-refractivity contribution < 1.29 is 39.5 Å². The van der Waals surface area contributed by atoms with Crippen molar-refractivity contribution in [1.82, 2.24) is 0 Å². The zero-order chi connectivity index (χ0) is 13.6. The van der Waals surface area contributed by atoms with Gasteiger partial charge in [0, 0.05) is 6.07 Å². The second-order valence-electron chi connectivity index (χ2n) is 2.92. The van der Waals surface area contributed by atoms with E-state index in [2.05, 4.69) is 0 Å². The molecule has 0 aliphatic heterocycles. The molecular formula is C8HF9. The molecule has 0 atom stereocenters. The van der Waals surface area contributed by atoms with Crippen LogP contribution in [0.5, 0.6) is 0 Å². The number of hydrogen-bond donors (Lipinski definition) is 0. The van der Waals surface area contributed by atoms with Crippen molar-refractivity contribution in [1.29, 1.82) is 0 Å². The molecule has 0 unspecified atom stereocenters. The van der Waals surface area contributed by atoms with E-state index in [1.165, 1.54) is 0 Å². The third-order valence-corrected chi connectivity index (χ3v) is 1.78. The molecule has 1 rings (SSSR count). The molecule has 0 fully saturated rings. The summed E-state index contributed by atoms with van der Waals surface area (Å²) in [7, 11) is 0. The Labute approximate surface area is 87.7 Å². The molecule has 0 amide bonds. The summed E-state index contributed by atoms with van der Waals surface area (Å²) in [5.74, 6) is -16.3. The molecule has 0 bridgehead atoms. The van der Waals surface area contributed by atoms with Crippen molar-refractivity contribution in [2.24, 2.45) is 0 Å². The maximum Gasteiger partial charge on any atom is 0.458 e. The van der Waals surface area contributed by atoms with E-state index in [1.54, 1.807) is 0 Å². The van der Waals surface area contributed by atoms with E-state index in [-0.39, 0.29) is 0 Å². The van der Waals surface area contributed by atoms with Gasteiger partial charge in [-0.1, -0.05) is 0 Å². The Balaban J connectivity index is 3.62. The Morgan fingerprint density at radius 2 is 1.06 bits per heavy atom. The van der Waals surface area contributed by atoms with E-state index in [0.717, 1.165) is 0 Å². The highest BCUT2D eigenvalue weighted by molar-refractivity contribution is 5.28. The monoisotopic (exact) mass is 268 g/mol. The molecular weight excluding hydrogens is 267 g/mol. The van der Waals surface area contributed by atoms with E-state index in [0.29, 0.717) is 0 Å². The topological polar surface area (TPSA) is 0 Å². The van der Waals surface area contributed by atoms with Crippen molar-refractivity contribution in [2.45, 2.75) is 12.1 Å². The second kappa shape index (κ2) is 3.81. The summed E-state index contributed by atoms with van der Waals surface area (Å²) in [6.45, 7) is 0. The predicted molar refractivity (Wildman–Crippen MR) is 36.2 cm³/mol. The molecule has 0 aromatic heterocycles. The molecule has 0 nitrogen and oxygen atoms in total. The molecule has 9 heteroatoms. The van der Waals surface area contributed by atoms with Crippen LogP contribution in [0.25, 0.3) is 0 Å². The van der Waals surface area contributed by atoms with Gasteiger partial charge in [0.25, 0.3) is 0 Å². The summed E-state index contributed by atoms with van der Waals surface area (Å²) >= 11 is 0. The normalized spacial score (nSPS) is 13.0. The zero-order valence-corrected chi connectivity index (χ0v) is 7.48. The lowest BCUT2D eigenvalue weighted by atomic mass is 10.1. The fourth-order valence-electron chi connectivity index (χ4n) is 0.991. The Kier molecular flexibility index (Phi) is 3.06. The third-order valence-electron chi connectivity index (χ3n) is 1.78. The fraction of sp³-hybridized carbons (Fsp3) is 0.250. The van der Waals surface area contributed by atoms with Crippen LogP contribution in [-0.4, -0.2) is 6.18 Å². The lowest BCUT2D eigenvalue weighted by Crippen LogP contribution is -2.36. The minimum atomic E-state index is -6.38. The van der Waals surface area contributed by atoms with Crippen molar-refractivity contribution in [3.05, 3.63) is 34.9 Å². The van der Waals surface area contributed by atoms with E-state index in [1.807, 2.05) is 0 Å². The summed E-state index contributed by atoms with van der Waals surface area (Å²) < 4.78 is 111. The average Bonchev–Trinajstić information content (AvgIpc) is 2.13. The largest absolute Gasteiger partial charge is 0.458 e. The summed E-state index contributed by atoms with van der Waals surface area (Å²) in [4.78, 5) is 0. The second-order valence-corrected chi connectivity index (χ2v) is 2.92. The van der Waals surface area contributed by atoms with E-state index < -0.39 is 47.0 Å². The van der Waals surface area contributed by atoms with Gasteiger partial charge in [-0.15, -0.1) is 0 Å². The summed E-state index contributed by atoms with van der Waals surface area (Å²) in [6.07, 6.45) is -6.38. The van der Waals surface area contributed by atoms with E-state index >= 15 is 0 Å². The van der Waals surface area contributed by atoms with Crippen LogP contribution >= 0.6 is 0 Å². The van der Waals surface area contributed by atoms with Crippen LogP contribution in [0.3, 0.4) is 0 Å². The molecule has 0 aliphatic rings. The number of alkyl halides is 5. The Hall–Kier alpha value is -1.41. The standard InChI is InChI=1S/C8HF9/c9-2-1-3(10)6(12)4(5(2)11)7(13,14)8(15,16)17/h1H. The highest BCUT2D eigenvalue weighted by atomic mass is 19.4. The Morgan fingerprint density at radius 1 is 0.706 bits per heavy atom. The minimum Gasteiger partial charge on any atom is -0.204 e. The van der Waals surface area contributed by atoms with Crippen molar-refractivity contribution in [3.8, 4) is 0 Å². The predicted octanol–water partition coefficient (Wildman–Crippen LogP) is 3.90. The number of rotatable bonds is 1. The number of benzene rings is 1. The summed E-state index contributed by atoms with van der Waals surface area (Å²) in [5, 5.41) is 0. The SMILES string of the molecule is Fc1cc(F)c(F)c(C(F)(F)C(F)(F)F)c1F. The van der Waals surface area contributed by atoms with Gasteiger partial charge in [-0.25, -0.2) is 17.6 Å². The molecule has 0 saturated heterocycles. The fourth-order valence-corrected chi connectivity index (χ4v) is 0.991. The van der Waals surface area contributed by atoms with Gasteiger partial charge in [-0.2, -0.15) is 22.0 Å². The van der Waals surface area contributed by atoms with Crippen LogP contribution in [-0.2, 0) is 5.92 Å². The van der Waals surface area contributed by atoms with Crippen LogP contribution in [0, 0.1) is 23.3 Å². The zero-order valence-electron chi connectivity index (χ0n) is 7.48. The van der Waals surface area contributed by atoms with Gasteiger partial charge >= 0.3 is 12.1 Å². The molecule has 17 heavy (non-hydrogen) atoms. The van der Waals surface area contributed by atoms with E-state index in [4.69, 9.17) is 0 Å². The third kappa shape index (κ3) is 2.05. The van der Waals surface area contributed by atoms with Crippen LogP contribution < -0.4 is 0 Å². The van der Waals surface area contributed by atoms with Gasteiger partial charge < -0.3 is 0 Å². The first-order valence-corrected chi connectivity index (χ1v) is 3.78. The van der Waals surface area contributed by atoms with Crippen molar-refractivity contribution in [3.63, 3.8) is 0 Å². The molecule has 0 aliphatic carbocycles. The number of halogens is 9. The minimum absolute atomic E-state index is 0.472. The molecule has 0 N–H and O–H groups in total. The van der Waals surface area contributed by atoms with Gasteiger partial charge in [0.05, 0.1) is 0 Å². The highest BCUT2D eigenvalue weighted by Gasteiger charge is 2.62. The lowest BCUT2D eigenvalue weighted by Gasteiger charge is -2.21. The van der Waals surface area contributed by atoms with Crippen molar-refractivity contribution >= 4 is 0 Å². The first-order valence-electron chi connectivity index (χ1n) is 3.78. The van der Waals surface area contributed by atoms with Gasteiger partial charge in [0.1, 0.15) is 5.56 Å². The quantitative estimate of drug-likeness (QED) is 0.535. The molecule has 0 saturated carbocycles. The Bertz CT molecular complexity index is 419. The summed E-state index contributed by atoms with van der Waals surface area (Å²) in [5.41, 5.74) is -3.00. The van der Waals surface area contributed by atoms with Crippen LogP contribution in [0.1, 0.15) is 5.56 Å². The average molecular weight is 268 g/mol. The van der Waals surface area contributed by atoms with Crippen LogP contribution in [0.4, 0.5) is 39.5 Å². The molecule has 1 aromatic rings. The Morgan fingerprint density at radius 3 is 1.35 bits per heavy atom. The summed E-state index contributed by atoms with van der Waals surface area (Å²) in [6, 6.07) is -0.472. The van der Waals surface area contributed by atoms with E-state index in [9.17, 15) is 39.5 Å². The first kappa shape index (κ1) is 13.7. The first-order chi connectivity index (χ1) is 7.50. The smallest absolute Gasteiger partial charge is 0.204 e. The van der Waals surface area contributed by atoms with Gasteiger partial charge in [0.2, 0.25) is 0 Å². The van der Waals surface area contributed by atoms with Crippen LogP contribution in [0.15, 0.2) is 6.07 Å². The van der Waals surface area contributed by atoms with Gasteiger partial charge in [0.15, 0.2) is 23.3 Å². The molecule has 0 heterocycles. The molecule has 96 valence electrons. The molecule has 1 aromatic carbocycles. The maximum atomic E-state index is 12.7. The highest BCUT2D eigenvalue weighted by Crippen LogP contribution is 2.46. The molecule has 0 radical (unpaired) electrons.